The fourth-order valence-electron chi connectivity index (χ4n) is 1.71. The molecule has 0 fully saturated rings. The fraction of sp³-hybridized carbons (Fsp3) is 0.385. The zero-order chi connectivity index (χ0) is 18.7. The second-order valence-corrected chi connectivity index (χ2v) is 6.06. The third-order valence-electron chi connectivity index (χ3n) is 2.83. The summed E-state index contributed by atoms with van der Waals surface area (Å²) < 4.78 is 78.4. The van der Waals surface area contributed by atoms with Crippen molar-refractivity contribution >= 4 is 21.2 Å². The van der Waals surface area contributed by atoms with Crippen molar-refractivity contribution < 1.29 is 40.0 Å². The van der Waals surface area contributed by atoms with Gasteiger partial charge in [0.05, 0.1) is 30.9 Å². The van der Waals surface area contributed by atoms with Gasteiger partial charge in [-0.3, -0.25) is 0 Å². The van der Waals surface area contributed by atoms with Crippen LogP contribution in [0.3, 0.4) is 0 Å². The van der Waals surface area contributed by atoms with Crippen LogP contribution in [0.5, 0.6) is 17.4 Å². The highest BCUT2D eigenvalue weighted by molar-refractivity contribution is 7.87. The van der Waals surface area contributed by atoms with Gasteiger partial charge in [0.2, 0.25) is 0 Å². The highest BCUT2D eigenvalue weighted by Gasteiger charge is 2.48. The Labute approximate surface area is 140 Å². The molecule has 0 saturated carbocycles. The molecule has 1 aromatic heterocycles. The van der Waals surface area contributed by atoms with Gasteiger partial charge in [-0.25, -0.2) is 9.97 Å². The largest absolute Gasteiger partial charge is 0.534 e. The maximum absolute atomic E-state index is 12.3. The molecule has 0 saturated heterocycles. The van der Waals surface area contributed by atoms with Crippen molar-refractivity contribution in [3.05, 3.63) is 18.3 Å². The van der Waals surface area contributed by atoms with E-state index in [-0.39, 0.29) is 23.4 Å². The van der Waals surface area contributed by atoms with Gasteiger partial charge in [-0.15, -0.1) is 0 Å². The lowest BCUT2D eigenvalue weighted by atomic mass is 10.2. The quantitative estimate of drug-likeness (QED) is 0.407. The Morgan fingerprint density at radius 1 is 1.08 bits per heavy atom. The second-order valence-electron chi connectivity index (χ2n) is 4.52. The first-order chi connectivity index (χ1) is 11.7. The van der Waals surface area contributed by atoms with E-state index in [9.17, 15) is 21.6 Å². The average Bonchev–Trinajstić information content (AvgIpc) is 2.53. The predicted octanol–water partition coefficient (Wildman–Crippen LogP) is 1.89. The van der Waals surface area contributed by atoms with Crippen LogP contribution in [-0.2, 0) is 14.9 Å². The molecule has 0 amide bonds. The zero-order valence-electron chi connectivity index (χ0n) is 13.0. The predicted molar refractivity (Wildman–Crippen MR) is 79.1 cm³/mol. The number of methoxy groups -OCH3 is 2. The molecule has 8 nitrogen and oxygen atoms in total. The zero-order valence-corrected chi connectivity index (χ0v) is 13.8. The van der Waals surface area contributed by atoms with Crippen molar-refractivity contribution in [1.29, 1.82) is 0 Å². The number of hydrogen-bond acceptors (Lipinski definition) is 8. The molecule has 0 unspecified atom stereocenters. The molecule has 12 heteroatoms. The lowest BCUT2D eigenvalue weighted by molar-refractivity contribution is -0.0501. The van der Waals surface area contributed by atoms with Crippen molar-refractivity contribution in [3.8, 4) is 17.4 Å². The van der Waals surface area contributed by atoms with Gasteiger partial charge in [-0.05, 0) is 0 Å². The minimum absolute atomic E-state index is 0.0609. The van der Waals surface area contributed by atoms with Gasteiger partial charge in [-0.2, -0.15) is 21.6 Å². The third-order valence-corrected chi connectivity index (χ3v) is 3.79. The summed E-state index contributed by atoms with van der Waals surface area (Å²) in [7, 11) is -2.97. The van der Waals surface area contributed by atoms with E-state index in [1.165, 1.54) is 26.4 Å². The summed E-state index contributed by atoms with van der Waals surface area (Å²) in [5.74, 6) is -0.272. The molecule has 0 bridgehead atoms. The minimum atomic E-state index is -5.83. The molecule has 0 aliphatic heterocycles. The highest BCUT2D eigenvalue weighted by Crippen LogP contribution is 2.32. The number of alkyl halides is 3. The van der Waals surface area contributed by atoms with E-state index in [0.29, 0.717) is 12.4 Å². The van der Waals surface area contributed by atoms with Crippen LogP contribution in [0.2, 0.25) is 0 Å². The molecule has 25 heavy (non-hydrogen) atoms. The SMILES string of the molecule is COCCOc1cc2ncc(OS(=O)(=O)C(F)(F)F)nc2cc1OC. The van der Waals surface area contributed by atoms with Gasteiger partial charge >= 0.3 is 15.6 Å². The molecule has 0 N–H and O–H groups in total. The van der Waals surface area contributed by atoms with Gasteiger partial charge in [-0.1, -0.05) is 0 Å². The summed E-state index contributed by atoms with van der Waals surface area (Å²) in [6.07, 6.45) is 0.761. The molecular formula is C13H13F3N2O6S. The molecule has 0 radical (unpaired) electrons. The van der Waals surface area contributed by atoms with Gasteiger partial charge in [0, 0.05) is 19.2 Å². The fourth-order valence-corrected chi connectivity index (χ4v) is 2.11. The molecular weight excluding hydrogens is 369 g/mol. The van der Waals surface area contributed by atoms with Crippen molar-refractivity contribution in [1.82, 2.24) is 9.97 Å². The Morgan fingerprint density at radius 3 is 2.36 bits per heavy atom. The van der Waals surface area contributed by atoms with Crippen LogP contribution < -0.4 is 13.7 Å². The second kappa shape index (κ2) is 7.27. The Balaban J connectivity index is 2.35. The summed E-state index contributed by atoms with van der Waals surface area (Å²) in [6, 6.07) is 2.77. The van der Waals surface area contributed by atoms with Crippen LogP contribution >= 0.6 is 0 Å². The topological polar surface area (TPSA) is 96.8 Å². The molecule has 0 spiro atoms. The maximum atomic E-state index is 12.3. The molecule has 2 rings (SSSR count). The summed E-state index contributed by atoms with van der Waals surface area (Å²) in [4.78, 5) is 7.52. The van der Waals surface area contributed by atoms with Crippen molar-refractivity contribution in [2.45, 2.75) is 5.51 Å². The number of aromatic nitrogens is 2. The van der Waals surface area contributed by atoms with Gasteiger partial charge < -0.3 is 18.4 Å². The first kappa shape index (κ1) is 19.0. The Morgan fingerprint density at radius 2 is 1.76 bits per heavy atom. The number of benzene rings is 1. The monoisotopic (exact) mass is 382 g/mol. The number of ether oxygens (including phenoxy) is 3. The standard InChI is InChI=1S/C13H13F3N2O6S/c1-21-3-4-23-11-5-8-9(6-10(11)22-2)18-12(7-17-8)24-25(19,20)13(14,15)16/h5-7H,3-4H2,1-2H3. The number of hydrogen-bond donors (Lipinski definition) is 0. The molecule has 0 atom stereocenters. The van der Waals surface area contributed by atoms with Crippen molar-refractivity contribution in [3.63, 3.8) is 0 Å². The first-order valence-corrected chi connectivity index (χ1v) is 8.06. The maximum Gasteiger partial charge on any atom is 0.534 e. The minimum Gasteiger partial charge on any atom is -0.493 e. The van der Waals surface area contributed by atoms with Crippen molar-refractivity contribution in [2.75, 3.05) is 27.4 Å². The Kier molecular flexibility index (Phi) is 5.52. The van der Waals surface area contributed by atoms with E-state index in [4.69, 9.17) is 14.2 Å². The van der Waals surface area contributed by atoms with Gasteiger partial charge in [0.15, 0.2) is 11.5 Å². The lowest BCUT2D eigenvalue weighted by Gasteiger charge is -2.12. The lowest BCUT2D eigenvalue weighted by Crippen LogP contribution is -2.28. The van der Waals surface area contributed by atoms with Crippen LogP contribution in [0, 0.1) is 0 Å². The Hall–Kier alpha value is -2.34. The smallest absolute Gasteiger partial charge is 0.493 e. The van der Waals surface area contributed by atoms with Crippen LogP contribution in [0.4, 0.5) is 13.2 Å². The van der Waals surface area contributed by atoms with Gasteiger partial charge in [0.25, 0.3) is 5.88 Å². The first-order valence-electron chi connectivity index (χ1n) is 6.65. The average molecular weight is 382 g/mol. The van der Waals surface area contributed by atoms with Crippen LogP contribution in [-0.4, -0.2) is 51.3 Å². The molecule has 1 aromatic carbocycles. The number of rotatable bonds is 7. The molecule has 2 aromatic rings. The molecule has 0 aliphatic rings. The molecule has 0 aliphatic carbocycles. The van der Waals surface area contributed by atoms with E-state index in [0.717, 1.165) is 6.20 Å². The number of halogens is 3. The van der Waals surface area contributed by atoms with E-state index in [1.54, 1.807) is 0 Å². The van der Waals surface area contributed by atoms with E-state index in [2.05, 4.69) is 14.2 Å². The highest BCUT2D eigenvalue weighted by atomic mass is 32.2. The summed E-state index contributed by atoms with van der Waals surface area (Å²) in [5.41, 5.74) is -5.27. The molecule has 138 valence electrons. The Bertz CT molecular complexity index is 857. The van der Waals surface area contributed by atoms with E-state index in [1.807, 2.05) is 0 Å². The number of fused-ring (bicyclic) bond motifs is 1. The molecule has 1 heterocycles. The normalized spacial score (nSPS) is 12.2. The van der Waals surface area contributed by atoms with E-state index < -0.39 is 21.5 Å². The van der Waals surface area contributed by atoms with Crippen LogP contribution in [0.1, 0.15) is 0 Å². The van der Waals surface area contributed by atoms with Crippen LogP contribution in [0.25, 0.3) is 11.0 Å². The van der Waals surface area contributed by atoms with Crippen LogP contribution in [0.15, 0.2) is 18.3 Å². The van der Waals surface area contributed by atoms with E-state index >= 15 is 0 Å². The third kappa shape index (κ3) is 4.39. The van der Waals surface area contributed by atoms with Gasteiger partial charge in [0.1, 0.15) is 6.61 Å². The summed E-state index contributed by atoms with van der Waals surface area (Å²) in [5, 5.41) is 0. The summed E-state index contributed by atoms with van der Waals surface area (Å²) in [6.45, 7) is 0.561. The summed E-state index contributed by atoms with van der Waals surface area (Å²) >= 11 is 0. The van der Waals surface area contributed by atoms with Crippen molar-refractivity contribution in [2.24, 2.45) is 0 Å². The number of nitrogens with zero attached hydrogens (tertiary/aromatic N) is 2.